The molecule has 0 bridgehead atoms. The van der Waals surface area contributed by atoms with Gasteiger partial charge in [-0.25, -0.2) is 0 Å². The summed E-state index contributed by atoms with van der Waals surface area (Å²) < 4.78 is 15.5. The van der Waals surface area contributed by atoms with E-state index in [4.69, 9.17) is 13.9 Å². The maximum atomic E-state index is 11.9. The van der Waals surface area contributed by atoms with E-state index in [0.29, 0.717) is 17.9 Å². The molecule has 146 valence electrons. The van der Waals surface area contributed by atoms with Gasteiger partial charge in [0.25, 0.3) is 5.91 Å². The molecule has 0 saturated heterocycles. The first-order chi connectivity index (χ1) is 13.0. The molecule has 0 aliphatic carbocycles. The number of nitrogens with one attached hydrogen (secondary N) is 2. The first kappa shape index (κ1) is 20.5. The maximum Gasteiger partial charge on any atom is 0.255 e. The molecular weight excluding hydrogens is 352 g/mol. The average molecular weight is 376 g/mol. The minimum Gasteiger partial charge on any atom is -0.497 e. The highest BCUT2D eigenvalue weighted by Gasteiger charge is 2.13. The lowest BCUT2D eigenvalue weighted by atomic mass is 10.2. The zero-order valence-electron chi connectivity index (χ0n) is 15.4. The van der Waals surface area contributed by atoms with Gasteiger partial charge in [0.05, 0.1) is 44.8 Å². The van der Waals surface area contributed by atoms with E-state index >= 15 is 0 Å². The molecule has 0 spiro atoms. The van der Waals surface area contributed by atoms with E-state index in [1.807, 2.05) is 24.3 Å². The van der Waals surface area contributed by atoms with E-state index in [0.717, 1.165) is 11.3 Å². The maximum absolute atomic E-state index is 11.9. The molecule has 2 aromatic rings. The Morgan fingerprint density at radius 2 is 1.93 bits per heavy atom. The van der Waals surface area contributed by atoms with E-state index in [1.54, 1.807) is 14.0 Å². The molecular formula is C19H24N2O6. The number of furan rings is 1. The van der Waals surface area contributed by atoms with Crippen molar-refractivity contribution in [2.75, 3.05) is 26.8 Å². The van der Waals surface area contributed by atoms with Crippen LogP contribution in [0.4, 0.5) is 0 Å². The topological polar surface area (TPSA) is 110 Å². The average Bonchev–Trinajstić information content (AvgIpc) is 3.11. The fraction of sp³-hybridized carbons (Fsp3) is 0.368. The van der Waals surface area contributed by atoms with Crippen LogP contribution in [-0.4, -0.2) is 49.8 Å². The fourth-order valence-electron chi connectivity index (χ4n) is 2.26. The van der Waals surface area contributed by atoms with Crippen LogP contribution in [0.2, 0.25) is 0 Å². The number of hydrogen-bond donors (Lipinski definition) is 3. The summed E-state index contributed by atoms with van der Waals surface area (Å²) >= 11 is 0. The lowest BCUT2D eigenvalue weighted by Gasteiger charge is -2.13. The summed E-state index contributed by atoms with van der Waals surface area (Å²) in [7, 11) is 1.60. The number of methoxy groups -OCH3 is 1. The van der Waals surface area contributed by atoms with Gasteiger partial charge in [0.1, 0.15) is 11.5 Å². The van der Waals surface area contributed by atoms with Gasteiger partial charge in [0, 0.05) is 6.54 Å². The van der Waals surface area contributed by atoms with Crippen LogP contribution in [0.15, 0.2) is 41.0 Å². The summed E-state index contributed by atoms with van der Waals surface area (Å²) in [5.41, 5.74) is 1.33. The molecule has 2 amide bonds. The van der Waals surface area contributed by atoms with E-state index in [9.17, 15) is 14.7 Å². The number of carbonyl (C=O) groups is 2. The van der Waals surface area contributed by atoms with E-state index in [2.05, 4.69) is 10.6 Å². The molecule has 3 N–H and O–H groups in total. The molecule has 8 heteroatoms. The molecule has 1 aromatic carbocycles. The first-order valence-electron chi connectivity index (χ1n) is 8.47. The third kappa shape index (κ3) is 6.76. The van der Waals surface area contributed by atoms with Gasteiger partial charge in [-0.2, -0.15) is 0 Å². The Morgan fingerprint density at radius 3 is 2.56 bits per heavy atom. The minimum atomic E-state index is -0.848. The summed E-state index contributed by atoms with van der Waals surface area (Å²) in [4.78, 5) is 23.6. The van der Waals surface area contributed by atoms with Gasteiger partial charge >= 0.3 is 0 Å². The van der Waals surface area contributed by atoms with Crippen LogP contribution >= 0.6 is 0 Å². The highest BCUT2D eigenvalue weighted by Crippen LogP contribution is 2.12. The van der Waals surface area contributed by atoms with Gasteiger partial charge in [-0.1, -0.05) is 12.1 Å². The van der Waals surface area contributed by atoms with Crippen LogP contribution in [0.5, 0.6) is 5.75 Å². The molecule has 2 rings (SSSR count). The molecule has 0 aliphatic rings. The van der Waals surface area contributed by atoms with Crippen molar-refractivity contribution in [3.05, 3.63) is 53.5 Å². The summed E-state index contributed by atoms with van der Waals surface area (Å²) in [6.07, 6.45) is 0.561. The summed E-state index contributed by atoms with van der Waals surface area (Å²) in [5, 5.41) is 14.9. The molecule has 0 radical (unpaired) electrons. The number of aryl methyl sites for hydroxylation is 1. The number of ether oxygens (including phenoxy) is 2. The smallest absolute Gasteiger partial charge is 0.255 e. The Kier molecular flexibility index (Phi) is 7.84. The van der Waals surface area contributed by atoms with Crippen molar-refractivity contribution in [3.63, 3.8) is 0 Å². The Morgan fingerprint density at radius 1 is 1.19 bits per heavy atom. The summed E-state index contributed by atoms with van der Waals surface area (Å²) in [5.74, 6) is 0.451. The standard InChI is InChI=1S/C19H24N2O6/c1-13-17(7-8-27-13)19(24)21-10-18(23)20-9-15(22)12-26-11-14-3-5-16(25-2)6-4-14/h3-8,15,22H,9-12H2,1-2H3,(H,20,23)(H,21,24). The Balaban J connectivity index is 1.60. The molecule has 0 aliphatic heterocycles. The van der Waals surface area contributed by atoms with Crippen LogP contribution in [0.3, 0.4) is 0 Å². The lowest BCUT2D eigenvalue weighted by Crippen LogP contribution is -2.41. The van der Waals surface area contributed by atoms with Crippen LogP contribution in [0.25, 0.3) is 0 Å². The van der Waals surface area contributed by atoms with Gasteiger partial charge in [-0.05, 0) is 30.7 Å². The zero-order chi connectivity index (χ0) is 19.6. The largest absolute Gasteiger partial charge is 0.497 e. The SMILES string of the molecule is COc1ccc(COCC(O)CNC(=O)CNC(=O)c2ccoc2C)cc1. The van der Waals surface area contributed by atoms with Gasteiger partial charge in [-0.15, -0.1) is 0 Å². The molecule has 1 aromatic heterocycles. The number of rotatable bonds is 10. The highest BCUT2D eigenvalue weighted by atomic mass is 16.5. The number of aliphatic hydroxyl groups is 1. The van der Waals surface area contributed by atoms with Crippen molar-refractivity contribution in [3.8, 4) is 5.75 Å². The molecule has 1 heterocycles. The molecule has 8 nitrogen and oxygen atoms in total. The number of carbonyl (C=O) groups excluding carboxylic acids is 2. The number of hydrogen-bond acceptors (Lipinski definition) is 6. The second-order valence-electron chi connectivity index (χ2n) is 5.89. The van der Waals surface area contributed by atoms with Crippen LogP contribution in [0.1, 0.15) is 21.7 Å². The second kappa shape index (κ2) is 10.3. The van der Waals surface area contributed by atoms with Crippen molar-refractivity contribution < 1.29 is 28.6 Å². The van der Waals surface area contributed by atoms with Gasteiger partial charge in [0.15, 0.2) is 0 Å². The van der Waals surface area contributed by atoms with Crippen LogP contribution < -0.4 is 15.4 Å². The Labute approximate surface area is 157 Å². The van der Waals surface area contributed by atoms with Crippen molar-refractivity contribution >= 4 is 11.8 Å². The molecule has 0 fully saturated rings. The Bertz CT molecular complexity index is 741. The second-order valence-corrected chi connectivity index (χ2v) is 5.89. The van der Waals surface area contributed by atoms with Gasteiger partial charge in [0.2, 0.25) is 5.91 Å². The first-order valence-corrected chi connectivity index (χ1v) is 8.47. The molecule has 1 atom stereocenters. The van der Waals surface area contributed by atoms with Crippen LogP contribution in [0, 0.1) is 6.92 Å². The normalized spacial score (nSPS) is 11.7. The number of aliphatic hydroxyl groups excluding tert-OH is 1. The molecule has 0 saturated carbocycles. The number of amides is 2. The predicted octanol–water partition coefficient (Wildman–Crippen LogP) is 1.02. The highest BCUT2D eigenvalue weighted by molar-refractivity contribution is 5.97. The zero-order valence-corrected chi connectivity index (χ0v) is 15.4. The monoisotopic (exact) mass is 376 g/mol. The third-order valence-corrected chi connectivity index (χ3v) is 3.79. The quantitative estimate of drug-likeness (QED) is 0.571. The van der Waals surface area contributed by atoms with E-state index < -0.39 is 12.0 Å². The minimum absolute atomic E-state index is 0.0298. The Hall–Kier alpha value is -2.84. The molecule has 1 unspecified atom stereocenters. The lowest BCUT2D eigenvalue weighted by molar-refractivity contribution is -0.120. The summed E-state index contributed by atoms with van der Waals surface area (Å²) in [6.45, 7) is 1.92. The fourth-order valence-corrected chi connectivity index (χ4v) is 2.26. The summed E-state index contributed by atoms with van der Waals surface area (Å²) in [6, 6.07) is 8.94. The van der Waals surface area contributed by atoms with Gasteiger partial charge < -0.3 is 29.6 Å². The van der Waals surface area contributed by atoms with Crippen molar-refractivity contribution in [1.82, 2.24) is 10.6 Å². The molecule has 27 heavy (non-hydrogen) atoms. The van der Waals surface area contributed by atoms with Crippen molar-refractivity contribution in [2.45, 2.75) is 19.6 Å². The van der Waals surface area contributed by atoms with E-state index in [-0.39, 0.29) is 25.6 Å². The third-order valence-electron chi connectivity index (χ3n) is 3.79. The predicted molar refractivity (Wildman–Crippen MR) is 97.4 cm³/mol. The van der Waals surface area contributed by atoms with Gasteiger partial charge in [-0.3, -0.25) is 9.59 Å². The van der Waals surface area contributed by atoms with Crippen LogP contribution in [-0.2, 0) is 16.1 Å². The van der Waals surface area contributed by atoms with E-state index in [1.165, 1.54) is 12.3 Å². The van der Waals surface area contributed by atoms with Crippen molar-refractivity contribution in [1.29, 1.82) is 0 Å². The number of benzene rings is 1. The van der Waals surface area contributed by atoms with Crippen molar-refractivity contribution in [2.24, 2.45) is 0 Å².